The maximum absolute atomic E-state index is 13.6. The fourth-order valence-corrected chi connectivity index (χ4v) is 2.90. The molecule has 1 aromatic rings. The molecular weight excluding hydrogens is 232 g/mol. The SMILES string of the molecule is CC(NCC1(C2CC2)CC1)c1cc(F)ccc1F. The second kappa shape index (κ2) is 4.30. The van der Waals surface area contributed by atoms with E-state index in [0.29, 0.717) is 11.0 Å². The van der Waals surface area contributed by atoms with Crippen LogP contribution in [0.3, 0.4) is 0 Å². The van der Waals surface area contributed by atoms with E-state index in [2.05, 4.69) is 5.32 Å². The Hall–Kier alpha value is -0.960. The van der Waals surface area contributed by atoms with Crippen molar-refractivity contribution in [2.24, 2.45) is 11.3 Å². The van der Waals surface area contributed by atoms with Crippen molar-refractivity contribution in [1.29, 1.82) is 0 Å². The molecule has 2 fully saturated rings. The number of halogens is 2. The molecule has 2 aliphatic carbocycles. The van der Waals surface area contributed by atoms with Gasteiger partial charge in [0.2, 0.25) is 0 Å². The van der Waals surface area contributed by atoms with Gasteiger partial charge in [-0.3, -0.25) is 0 Å². The van der Waals surface area contributed by atoms with E-state index in [1.807, 2.05) is 6.92 Å². The molecular formula is C15H19F2N. The van der Waals surface area contributed by atoms with Gasteiger partial charge in [-0.25, -0.2) is 8.78 Å². The van der Waals surface area contributed by atoms with E-state index in [-0.39, 0.29) is 17.7 Å². The highest BCUT2D eigenvalue weighted by molar-refractivity contribution is 5.22. The minimum atomic E-state index is -0.372. The summed E-state index contributed by atoms with van der Waals surface area (Å²) in [6, 6.07) is 3.54. The number of hydrogen-bond donors (Lipinski definition) is 1. The molecule has 0 aliphatic heterocycles. The summed E-state index contributed by atoms with van der Waals surface area (Å²) in [5, 5.41) is 3.38. The zero-order valence-electron chi connectivity index (χ0n) is 10.7. The Labute approximate surface area is 107 Å². The van der Waals surface area contributed by atoms with Crippen LogP contribution in [0.1, 0.15) is 44.2 Å². The molecule has 2 aliphatic rings. The van der Waals surface area contributed by atoms with E-state index in [1.165, 1.54) is 37.8 Å². The first-order valence-electron chi connectivity index (χ1n) is 6.79. The molecule has 98 valence electrons. The Morgan fingerprint density at radius 3 is 2.67 bits per heavy atom. The second-order valence-corrected chi connectivity index (χ2v) is 5.91. The largest absolute Gasteiger partial charge is 0.310 e. The van der Waals surface area contributed by atoms with E-state index in [0.717, 1.165) is 18.5 Å². The van der Waals surface area contributed by atoms with Gasteiger partial charge in [-0.05, 0) is 62.1 Å². The molecule has 1 nitrogen and oxygen atoms in total. The van der Waals surface area contributed by atoms with Crippen molar-refractivity contribution in [3.63, 3.8) is 0 Å². The molecule has 3 heteroatoms. The fourth-order valence-electron chi connectivity index (χ4n) is 2.90. The topological polar surface area (TPSA) is 12.0 Å². The molecule has 1 N–H and O–H groups in total. The van der Waals surface area contributed by atoms with Gasteiger partial charge in [0, 0.05) is 18.2 Å². The summed E-state index contributed by atoms with van der Waals surface area (Å²) in [7, 11) is 0. The summed E-state index contributed by atoms with van der Waals surface area (Å²) in [5.74, 6) is 0.186. The third kappa shape index (κ3) is 2.28. The third-order valence-corrected chi connectivity index (χ3v) is 4.52. The summed E-state index contributed by atoms with van der Waals surface area (Å²) in [6.07, 6.45) is 5.29. The van der Waals surface area contributed by atoms with Crippen molar-refractivity contribution in [1.82, 2.24) is 5.32 Å². The lowest BCUT2D eigenvalue weighted by Crippen LogP contribution is -2.28. The maximum Gasteiger partial charge on any atom is 0.128 e. The molecule has 1 unspecified atom stereocenters. The molecule has 2 saturated carbocycles. The Balaban J connectivity index is 1.63. The van der Waals surface area contributed by atoms with Gasteiger partial charge < -0.3 is 5.32 Å². The normalized spacial score (nSPS) is 22.8. The van der Waals surface area contributed by atoms with E-state index in [1.54, 1.807) is 0 Å². The molecule has 18 heavy (non-hydrogen) atoms. The first kappa shape index (κ1) is 12.1. The van der Waals surface area contributed by atoms with E-state index >= 15 is 0 Å². The van der Waals surface area contributed by atoms with Crippen LogP contribution in [-0.2, 0) is 0 Å². The number of hydrogen-bond acceptors (Lipinski definition) is 1. The van der Waals surface area contributed by atoms with Gasteiger partial charge in [-0.15, -0.1) is 0 Å². The lowest BCUT2D eigenvalue weighted by Gasteiger charge is -2.20. The van der Waals surface area contributed by atoms with Crippen LogP contribution >= 0.6 is 0 Å². The number of benzene rings is 1. The predicted molar refractivity (Wildman–Crippen MR) is 67.2 cm³/mol. The summed E-state index contributed by atoms with van der Waals surface area (Å²) >= 11 is 0. The summed E-state index contributed by atoms with van der Waals surface area (Å²) in [6.45, 7) is 2.84. The average molecular weight is 251 g/mol. The number of nitrogens with one attached hydrogen (secondary N) is 1. The minimum absolute atomic E-state index is 0.128. The van der Waals surface area contributed by atoms with Gasteiger partial charge in [0.1, 0.15) is 11.6 Å². The van der Waals surface area contributed by atoms with Crippen LogP contribution in [-0.4, -0.2) is 6.54 Å². The molecule has 3 rings (SSSR count). The first-order chi connectivity index (χ1) is 8.61. The lowest BCUT2D eigenvalue weighted by atomic mass is 9.99. The smallest absolute Gasteiger partial charge is 0.128 e. The van der Waals surface area contributed by atoms with Gasteiger partial charge in [0.15, 0.2) is 0 Å². The van der Waals surface area contributed by atoms with Crippen LogP contribution < -0.4 is 5.32 Å². The van der Waals surface area contributed by atoms with E-state index in [4.69, 9.17) is 0 Å². The lowest BCUT2D eigenvalue weighted by molar-refractivity contribution is 0.377. The number of rotatable bonds is 5. The summed E-state index contributed by atoms with van der Waals surface area (Å²) in [4.78, 5) is 0. The van der Waals surface area contributed by atoms with Crippen LogP contribution in [0.25, 0.3) is 0 Å². The molecule has 1 aromatic carbocycles. The minimum Gasteiger partial charge on any atom is -0.310 e. The molecule has 0 saturated heterocycles. The fraction of sp³-hybridized carbons (Fsp3) is 0.600. The highest BCUT2D eigenvalue weighted by Crippen LogP contribution is 2.60. The Morgan fingerprint density at radius 1 is 1.33 bits per heavy atom. The molecule has 0 bridgehead atoms. The van der Waals surface area contributed by atoms with Gasteiger partial charge in [-0.2, -0.15) is 0 Å². The zero-order valence-corrected chi connectivity index (χ0v) is 10.7. The Bertz CT molecular complexity index is 450. The van der Waals surface area contributed by atoms with Crippen molar-refractivity contribution >= 4 is 0 Å². The average Bonchev–Trinajstić information content (AvgIpc) is 3.21. The van der Waals surface area contributed by atoms with Gasteiger partial charge >= 0.3 is 0 Å². The van der Waals surface area contributed by atoms with Crippen LogP contribution in [0.5, 0.6) is 0 Å². The van der Waals surface area contributed by atoms with Gasteiger partial charge in [0.05, 0.1) is 0 Å². The van der Waals surface area contributed by atoms with Crippen molar-refractivity contribution in [3.05, 3.63) is 35.4 Å². The summed E-state index contributed by atoms with van der Waals surface area (Å²) in [5.41, 5.74) is 0.916. The standard InChI is InChI=1S/C15H19F2N/c1-10(13-8-12(16)4-5-14(13)17)18-9-15(6-7-15)11-2-3-11/h4-5,8,10-11,18H,2-3,6-7,9H2,1H3. The molecule has 0 spiro atoms. The highest BCUT2D eigenvalue weighted by atomic mass is 19.1. The predicted octanol–water partition coefficient (Wildman–Crippen LogP) is 3.81. The maximum atomic E-state index is 13.6. The zero-order chi connectivity index (χ0) is 12.8. The molecule has 0 aromatic heterocycles. The van der Waals surface area contributed by atoms with Crippen LogP contribution in [0.15, 0.2) is 18.2 Å². The van der Waals surface area contributed by atoms with Crippen molar-refractivity contribution in [2.45, 2.75) is 38.6 Å². The van der Waals surface area contributed by atoms with Crippen molar-refractivity contribution in [2.75, 3.05) is 6.54 Å². The van der Waals surface area contributed by atoms with Crippen LogP contribution in [0, 0.1) is 23.0 Å². The van der Waals surface area contributed by atoms with Crippen molar-refractivity contribution < 1.29 is 8.78 Å². The quantitative estimate of drug-likeness (QED) is 0.839. The molecule has 0 amide bonds. The molecule has 0 radical (unpaired) electrons. The van der Waals surface area contributed by atoms with E-state index < -0.39 is 0 Å². The highest BCUT2D eigenvalue weighted by Gasteiger charge is 2.53. The first-order valence-corrected chi connectivity index (χ1v) is 6.79. The second-order valence-electron chi connectivity index (χ2n) is 5.91. The van der Waals surface area contributed by atoms with Crippen molar-refractivity contribution in [3.8, 4) is 0 Å². The summed E-state index contributed by atoms with van der Waals surface area (Å²) < 4.78 is 26.8. The Morgan fingerprint density at radius 2 is 2.06 bits per heavy atom. The van der Waals surface area contributed by atoms with Crippen LogP contribution in [0.2, 0.25) is 0 Å². The van der Waals surface area contributed by atoms with Gasteiger partial charge in [0.25, 0.3) is 0 Å². The monoisotopic (exact) mass is 251 g/mol. The van der Waals surface area contributed by atoms with Crippen LogP contribution in [0.4, 0.5) is 8.78 Å². The molecule has 0 heterocycles. The van der Waals surface area contributed by atoms with Gasteiger partial charge in [-0.1, -0.05) is 0 Å². The Kier molecular flexibility index (Phi) is 2.89. The third-order valence-electron chi connectivity index (χ3n) is 4.52. The molecule has 1 atom stereocenters. The van der Waals surface area contributed by atoms with E-state index in [9.17, 15) is 8.78 Å².